The molecule has 0 bridgehead atoms. The number of thioether (sulfide) groups is 1. The van der Waals surface area contributed by atoms with Crippen molar-refractivity contribution in [2.75, 3.05) is 18.7 Å². The molecule has 0 saturated carbocycles. The Morgan fingerprint density at radius 1 is 1.22 bits per heavy atom. The number of carbonyl (C=O) groups excluding carboxylic acids is 1. The molecule has 1 aromatic heterocycles. The van der Waals surface area contributed by atoms with Crippen LogP contribution in [0.5, 0.6) is 5.75 Å². The number of nitrogens with zero attached hydrogens (tertiary/aromatic N) is 3. The lowest BCUT2D eigenvalue weighted by Crippen LogP contribution is -2.18. The van der Waals surface area contributed by atoms with E-state index in [-0.39, 0.29) is 5.91 Å². The number of amides is 1. The van der Waals surface area contributed by atoms with Gasteiger partial charge < -0.3 is 10.1 Å². The number of benzene rings is 2. The van der Waals surface area contributed by atoms with E-state index in [9.17, 15) is 4.79 Å². The van der Waals surface area contributed by atoms with E-state index in [2.05, 4.69) is 15.6 Å². The highest BCUT2D eigenvalue weighted by molar-refractivity contribution is 7.97. The number of carbonyl (C=O) groups is 1. The van der Waals surface area contributed by atoms with Crippen LogP contribution in [-0.4, -0.2) is 34.3 Å². The first kappa shape index (κ1) is 19.5. The number of ether oxygens (including phenoxy) is 1. The van der Waals surface area contributed by atoms with E-state index in [0.29, 0.717) is 38.7 Å². The van der Waals surface area contributed by atoms with Crippen LogP contribution in [0.15, 0.2) is 42.5 Å². The van der Waals surface area contributed by atoms with Crippen molar-refractivity contribution in [2.45, 2.75) is 5.88 Å². The fraction of sp³-hybridized carbons (Fsp3) is 0.167. The molecule has 27 heavy (non-hydrogen) atoms. The van der Waals surface area contributed by atoms with Crippen LogP contribution in [-0.2, 0) is 5.88 Å². The normalized spacial score (nSPS) is 10.7. The topological polar surface area (TPSA) is 69.0 Å². The molecule has 6 nitrogen and oxygen atoms in total. The predicted octanol–water partition coefficient (Wildman–Crippen LogP) is 4.83. The molecule has 1 amide bonds. The van der Waals surface area contributed by atoms with Gasteiger partial charge >= 0.3 is 0 Å². The molecular weight excluding hydrogens is 407 g/mol. The van der Waals surface area contributed by atoms with E-state index < -0.39 is 0 Å². The third-order valence-corrected chi connectivity index (χ3v) is 4.81. The van der Waals surface area contributed by atoms with Crippen molar-refractivity contribution >= 4 is 46.6 Å². The molecule has 0 fully saturated rings. The number of methoxy groups -OCH3 is 1. The van der Waals surface area contributed by atoms with Crippen molar-refractivity contribution < 1.29 is 9.53 Å². The average Bonchev–Trinajstić information content (AvgIpc) is 3.09. The molecule has 0 spiro atoms. The van der Waals surface area contributed by atoms with E-state index in [0.717, 1.165) is 5.56 Å². The number of hydrogen-bond acceptors (Lipinski definition) is 5. The zero-order valence-corrected chi connectivity index (χ0v) is 16.9. The Morgan fingerprint density at radius 2 is 1.96 bits per heavy atom. The van der Waals surface area contributed by atoms with Crippen molar-refractivity contribution in [2.24, 2.45) is 0 Å². The molecule has 0 saturated heterocycles. The SMILES string of the molecule is COc1ccc(-c2nnn(CSC)c2C(=O)Nc2cc(Cl)ccc2Cl)cc1. The average molecular weight is 423 g/mol. The molecule has 3 aromatic rings. The molecule has 9 heteroatoms. The van der Waals surface area contributed by atoms with E-state index in [1.165, 1.54) is 11.8 Å². The molecule has 3 rings (SSSR count). The maximum atomic E-state index is 13.0. The second-order valence-corrected chi connectivity index (χ2v) is 7.19. The summed E-state index contributed by atoms with van der Waals surface area (Å²) < 4.78 is 6.73. The van der Waals surface area contributed by atoms with Gasteiger partial charge in [-0.25, -0.2) is 4.68 Å². The molecule has 1 N–H and O–H groups in total. The van der Waals surface area contributed by atoms with Crippen LogP contribution in [0, 0.1) is 0 Å². The molecule has 2 aromatic carbocycles. The smallest absolute Gasteiger partial charge is 0.276 e. The largest absolute Gasteiger partial charge is 0.497 e. The van der Waals surface area contributed by atoms with Crippen molar-refractivity contribution in [3.63, 3.8) is 0 Å². The summed E-state index contributed by atoms with van der Waals surface area (Å²) in [5.41, 5.74) is 1.99. The lowest BCUT2D eigenvalue weighted by molar-refractivity contribution is 0.101. The number of rotatable bonds is 6. The lowest BCUT2D eigenvalue weighted by Gasteiger charge is -2.10. The summed E-state index contributed by atoms with van der Waals surface area (Å²) in [6.45, 7) is 0. The first-order valence-electron chi connectivity index (χ1n) is 7.86. The Morgan fingerprint density at radius 3 is 2.63 bits per heavy atom. The second-order valence-electron chi connectivity index (χ2n) is 5.51. The third kappa shape index (κ3) is 4.37. The van der Waals surface area contributed by atoms with Gasteiger partial charge in [-0.2, -0.15) is 0 Å². The Labute approximate surface area is 170 Å². The highest BCUT2D eigenvalue weighted by atomic mass is 35.5. The van der Waals surface area contributed by atoms with Crippen molar-refractivity contribution in [1.82, 2.24) is 15.0 Å². The minimum absolute atomic E-state index is 0.338. The van der Waals surface area contributed by atoms with Crippen LogP contribution in [0.1, 0.15) is 10.5 Å². The van der Waals surface area contributed by atoms with Crippen LogP contribution in [0.25, 0.3) is 11.3 Å². The van der Waals surface area contributed by atoms with Gasteiger partial charge in [-0.05, 0) is 48.7 Å². The van der Waals surface area contributed by atoms with E-state index >= 15 is 0 Å². The zero-order valence-electron chi connectivity index (χ0n) is 14.6. The summed E-state index contributed by atoms with van der Waals surface area (Å²) >= 11 is 13.7. The van der Waals surface area contributed by atoms with Gasteiger partial charge in [-0.3, -0.25) is 4.79 Å². The second kappa shape index (κ2) is 8.65. The van der Waals surface area contributed by atoms with E-state index in [1.807, 2.05) is 18.4 Å². The highest BCUT2D eigenvalue weighted by Crippen LogP contribution is 2.28. The Balaban J connectivity index is 2.00. The fourth-order valence-corrected chi connectivity index (χ4v) is 3.23. The lowest BCUT2D eigenvalue weighted by atomic mass is 10.1. The Bertz CT molecular complexity index is 960. The van der Waals surface area contributed by atoms with Crippen molar-refractivity contribution in [3.8, 4) is 17.0 Å². The maximum Gasteiger partial charge on any atom is 0.276 e. The summed E-state index contributed by atoms with van der Waals surface area (Å²) in [4.78, 5) is 13.0. The summed E-state index contributed by atoms with van der Waals surface area (Å²) in [6.07, 6.45) is 1.92. The molecule has 1 heterocycles. The van der Waals surface area contributed by atoms with Crippen LogP contribution < -0.4 is 10.1 Å². The number of hydrogen-bond donors (Lipinski definition) is 1. The minimum Gasteiger partial charge on any atom is -0.497 e. The first-order valence-corrected chi connectivity index (χ1v) is 10.0. The fourth-order valence-electron chi connectivity index (χ4n) is 2.47. The molecule has 0 unspecified atom stereocenters. The number of anilines is 1. The van der Waals surface area contributed by atoms with E-state index in [4.69, 9.17) is 27.9 Å². The maximum absolute atomic E-state index is 13.0. The summed E-state index contributed by atoms with van der Waals surface area (Å²) in [6, 6.07) is 12.1. The molecule has 0 radical (unpaired) electrons. The van der Waals surface area contributed by atoms with Gasteiger partial charge in [0, 0.05) is 10.6 Å². The third-order valence-electron chi connectivity index (χ3n) is 3.74. The van der Waals surface area contributed by atoms with Gasteiger partial charge in [0.1, 0.15) is 11.4 Å². The zero-order chi connectivity index (χ0) is 19.4. The van der Waals surface area contributed by atoms with Crippen molar-refractivity contribution in [1.29, 1.82) is 0 Å². The Hall–Kier alpha value is -2.22. The van der Waals surface area contributed by atoms with Crippen LogP contribution in [0.4, 0.5) is 5.69 Å². The monoisotopic (exact) mass is 422 g/mol. The highest BCUT2D eigenvalue weighted by Gasteiger charge is 2.22. The molecule has 0 aliphatic rings. The predicted molar refractivity (Wildman–Crippen MR) is 110 cm³/mol. The van der Waals surface area contributed by atoms with Gasteiger partial charge in [-0.15, -0.1) is 16.9 Å². The molecular formula is C18H16Cl2N4O2S. The van der Waals surface area contributed by atoms with Gasteiger partial charge in [0.2, 0.25) is 0 Å². The van der Waals surface area contributed by atoms with Gasteiger partial charge in [0.15, 0.2) is 5.69 Å². The summed E-state index contributed by atoms with van der Waals surface area (Å²) in [5, 5.41) is 12.0. The Kier molecular flexibility index (Phi) is 6.26. The minimum atomic E-state index is -0.371. The van der Waals surface area contributed by atoms with Crippen molar-refractivity contribution in [3.05, 3.63) is 58.2 Å². The van der Waals surface area contributed by atoms with Crippen LogP contribution in [0.3, 0.4) is 0 Å². The first-order chi connectivity index (χ1) is 13.0. The number of aromatic nitrogens is 3. The van der Waals surface area contributed by atoms with Crippen LogP contribution in [0.2, 0.25) is 10.0 Å². The summed E-state index contributed by atoms with van der Waals surface area (Å²) in [7, 11) is 1.59. The number of halogens is 2. The van der Waals surface area contributed by atoms with Gasteiger partial charge in [0.25, 0.3) is 5.91 Å². The quantitative estimate of drug-likeness (QED) is 0.615. The molecule has 140 valence electrons. The summed E-state index contributed by atoms with van der Waals surface area (Å²) in [5.74, 6) is 0.825. The number of nitrogens with one attached hydrogen (secondary N) is 1. The molecule has 0 aliphatic carbocycles. The molecule has 0 atom stereocenters. The van der Waals surface area contributed by atoms with E-state index in [1.54, 1.807) is 42.1 Å². The van der Waals surface area contributed by atoms with Gasteiger partial charge in [0.05, 0.1) is 23.7 Å². The van der Waals surface area contributed by atoms with Crippen LogP contribution >= 0.6 is 35.0 Å². The molecule has 0 aliphatic heterocycles. The van der Waals surface area contributed by atoms with Gasteiger partial charge in [-0.1, -0.05) is 28.4 Å². The standard InChI is InChI=1S/C18H16Cl2N4O2S/c1-26-13-6-3-11(4-7-13)16-17(24(10-27-2)23-22-16)18(25)21-15-9-12(19)5-8-14(15)20/h3-9H,10H2,1-2H3,(H,21,25).